The number of carbonyl (C=O) groups excluding carboxylic acids is 1. The zero-order chi connectivity index (χ0) is 16.8. The van der Waals surface area contributed by atoms with Crippen LogP contribution in [0.2, 0.25) is 0 Å². The summed E-state index contributed by atoms with van der Waals surface area (Å²) in [6, 6.07) is 5.48. The number of alkyl halides is 3. The molecule has 2 N–H and O–H groups in total. The molecule has 1 aliphatic heterocycles. The summed E-state index contributed by atoms with van der Waals surface area (Å²) < 4.78 is 39.4. The van der Waals surface area contributed by atoms with Crippen LogP contribution in [0, 0.1) is 5.92 Å². The van der Waals surface area contributed by atoms with Crippen molar-refractivity contribution < 1.29 is 18.0 Å². The summed E-state index contributed by atoms with van der Waals surface area (Å²) in [5, 5.41) is 0. The van der Waals surface area contributed by atoms with Gasteiger partial charge in [0, 0.05) is 24.5 Å². The topological polar surface area (TPSA) is 46.3 Å². The minimum Gasteiger partial charge on any atom is -0.338 e. The molecule has 0 spiro atoms. The quantitative estimate of drug-likeness (QED) is 0.907. The Kier molecular flexibility index (Phi) is 4.12. The van der Waals surface area contributed by atoms with E-state index in [2.05, 4.69) is 0 Å². The Balaban J connectivity index is 1.76. The maximum absolute atomic E-state index is 13.1. The lowest BCUT2D eigenvalue weighted by molar-refractivity contribution is -0.139. The van der Waals surface area contributed by atoms with Gasteiger partial charge in [-0.15, -0.1) is 0 Å². The van der Waals surface area contributed by atoms with Crippen LogP contribution in [0.3, 0.4) is 0 Å². The molecule has 126 valence electrons. The number of carbonyl (C=O) groups is 1. The van der Waals surface area contributed by atoms with Crippen molar-refractivity contribution in [2.24, 2.45) is 11.7 Å². The third-order valence-electron chi connectivity index (χ3n) is 5.10. The average Bonchev–Trinajstić information content (AvgIpc) is 3.29. The first kappa shape index (κ1) is 16.3. The lowest BCUT2D eigenvalue weighted by Crippen LogP contribution is -2.53. The zero-order valence-corrected chi connectivity index (χ0v) is 13.0. The van der Waals surface area contributed by atoms with Crippen molar-refractivity contribution in [2.75, 3.05) is 6.54 Å². The summed E-state index contributed by atoms with van der Waals surface area (Å²) in [7, 11) is 0. The summed E-state index contributed by atoms with van der Waals surface area (Å²) in [5.74, 6) is -0.716. The van der Waals surface area contributed by atoms with Gasteiger partial charge >= 0.3 is 6.18 Å². The van der Waals surface area contributed by atoms with Gasteiger partial charge in [-0.2, -0.15) is 13.2 Å². The molecule has 0 unspecified atom stereocenters. The Hall–Kier alpha value is -1.56. The Labute approximate surface area is 133 Å². The Morgan fingerprint density at radius 1 is 1.30 bits per heavy atom. The van der Waals surface area contributed by atoms with Gasteiger partial charge < -0.3 is 10.6 Å². The van der Waals surface area contributed by atoms with E-state index in [1.165, 1.54) is 12.1 Å². The van der Waals surface area contributed by atoms with Crippen molar-refractivity contribution in [3.63, 3.8) is 0 Å². The first-order chi connectivity index (χ1) is 10.8. The van der Waals surface area contributed by atoms with Crippen LogP contribution in [0.25, 0.3) is 0 Å². The Bertz CT molecular complexity index is 602. The molecule has 2 aliphatic rings. The number of nitrogens with zero attached hydrogens (tertiary/aromatic N) is 1. The van der Waals surface area contributed by atoms with Gasteiger partial charge in [0.05, 0.1) is 5.56 Å². The number of benzene rings is 1. The van der Waals surface area contributed by atoms with Crippen molar-refractivity contribution >= 4 is 5.91 Å². The van der Waals surface area contributed by atoms with Crippen LogP contribution in [0.15, 0.2) is 24.3 Å². The molecule has 4 atom stereocenters. The number of amides is 1. The second-order valence-electron chi connectivity index (χ2n) is 6.61. The molecule has 6 heteroatoms. The van der Waals surface area contributed by atoms with Gasteiger partial charge in [-0.3, -0.25) is 4.79 Å². The fraction of sp³-hybridized carbons (Fsp3) is 0.588. The van der Waals surface area contributed by atoms with Crippen LogP contribution in [0.5, 0.6) is 0 Å². The van der Waals surface area contributed by atoms with E-state index >= 15 is 0 Å². The number of likely N-dealkylation sites (tertiary alicyclic amines) is 1. The minimum atomic E-state index is -4.38. The smallest absolute Gasteiger partial charge is 0.338 e. The lowest BCUT2D eigenvalue weighted by atomic mass is 9.97. The highest BCUT2D eigenvalue weighted by Gasteiger charge is 2.50. The molecule has 1 amide bonds. The first-order valence-electron chi connectivity index (χ1n) is 8.03. The Morgan fingerprint density at radius 2 is 2.00 bits per heavy atom. The zero-order valence-electron chi connectivity index (χ0n) is 13.0. The van der Waals surface area contributed by atoms with E-state index in [0.717, 1.165) is 18.9 Å². The van der Waals surface area contributed by atoms with Gasteiger partial charge in [0.25, 0.3) is 0 Å². The van der Waals surface area contributed by atoms with E-state index in [4.69, 9.17) is 5.73 Å². The number of nitrogens with two attached hydrogens (primary N) is 1. The summed E-state index contributed by atoms with van der Waals surface area (Å²) in [6.45, 7) is 2.57. The van der Waals surface area contributed by atoms with Gasteiger partial charge in [-0.25, -0.2) is 0 Å². The number of hydrogen-bond acceptors (Lipinski definition) is 2. The summed E-state index contributed by atoms with van der Waals surface area (Å²) >= 11 is 0. The molecule has 3 rings (SSSR count). The van der Waals surface area contributed by atoms with E-state index in [1.807, 2.05) is 6.92 Å². The number of halogens is 3. The molecule has 1 aliphatic carbocycles. The maximum atomic E-state index is 13.1. The predicted octanol–water partition coefficient (Wildman–Crippen LogP) is 3.15. The summed E-state index contributed by atoms with van der Waals surface area (Å²) in [6.07, 6.45) is -2.15. The number of rotatable bonds is 2. The molecule has 0 bridgehead atoms. The molecule has 1 aromatic rings. The van der Waals surface area contributed by atoms with Crippen LogP contribution in [-0.4, -0.2) is 29.4 Å². The lowest BCUT2D eigenvalue weighted by Gasteiger charge is -2.38. The SMILES string of the molecule is C[C@H]1[C@@H](N)CCCN1C(=O)[C@H]1C[C@@H]1c1ccccc1C(F)(F)F. The van der Waals surface area contributed by atoms with E-state index in [0.29, 0.717) is 13.0 Å². The molecular formula is C17H21F3N2O. The normalized spacial score (nSPS) is 31.1. The molecule has 1 saturated carbocycles. The van der Waals surface area contributed by atoms with Crippen LogP contribution in [0.4, 0.5) is 13.2 Å². The van der Waals surface area contributed by atoms with Crippen LogP contribution < -0.4 is 5.73 Å². The second kappa shape index (κ2) is 5.82. The summed E-state index contributed by atoms with van der Waals surface area (Å²) in [5.41, 5.74) is 5.63. The van der Waals surface area contributed by atoms with Crippen LogP contribution in [-0.2, 0) is 11.0 Å². The van der Waals surface area contributed by atoms with Gasteiger partial charge in [-0.1, -0.05) is 18.2 Å². The Morgan fingerprint density at radius 3 is 2.70 bits per heavy atom. The highest BCUT2D eigenvalue weighted by molar-refractivity contribution is 5.83. The van der Waals surface area contributed by atoms with E-state index < -0.39 is 11.7 Å². The number of piperidine rings is 1. The van der Waals surface area contributed by atoms with Crippen molar-refractivity contribution in [3.8, 4) is 0 Å². The first-order valence-corrected chi connectivity index (χ1v) is 8.03. The maximum Gasteiger partial charge on any atom is 0.416 e. The fourth-order valence-electron chi connectivity index (χ4n) is 3.59. The minimum absolute atomic E-state index is 0.0460. The molecule has 1 aromatic carbocycles. The summed E-state index contributed by atoms with van der Waals surface area (Å²) in [4.78, 5) is 14.4. The average molecular weight is 326 g/mol. The van der Waals surface area contributed by atoms with Crippen molar-refractivity contribution in [1.29, 1.82) is 0 Å². The van der Waals surface area contributed by atoms with Crippen molar-refractivity contribution in [1.82, 2.24) is 4.90 Å². The monoisotopic (exact) mass is 326 g/mol. The van der Waals surface area contributed by atoms with Crippen LogP contribution in [0.1, 0.15) is 43.2 Å². The van der Waals surface area contributed by atoms with Crippen molar-refractivity contribution in [3.05, 3.63) is 35.4 Å². The van der Waals surface area contributed by atoms with Gasteiger partial charge in [0.1, 0.15) is 0 Å². The third-order valence-corrected chi connectivity index (χ3v) is 5.10. The molecule has 0 aromatic heterocycles. The molecule has 2 fully saturated rings. The molecule has 3 nitrogen and oxygen atoms in total. The molecule has 1 saturated heterocycles. The van der Waals surface area contributed by atoms with E-state index in [1.54, 1.807) is 11.0 Å². The highest BCUT2D eigenvalue weighted by atomic mass is 19.4. The van der Waals surface area contributed by atoms with Crippen LogP contribution >= 0.6 is 0 Å². The molecule has 0 radical (unpaired) electrons. The predicted molar refractivity (Wildman–Crippen MR) is 80.7 cm³/mol. The standard InChI is InChI=1S/C17H21F3N2O/c1-10-15(21)7-4-8-22(10)16(23)13-9-12(13)11-5-2-3-6-14(11)17(18,19)20/h2-3,5-6,10,12-13,15H,4,7-9,21H2,1H3/t10-,12+,13-,15-/m0/s1. The fourth-order valence-corrected chi connectivity index (χ4v) is 3.59. The third kappa shape index (κ3) is 3.09. The molecule has 1 heterocycles. The number of hydrogen-bond donors (Lipinski definition) is 1. The highest BCUT2D eigenvalue weighted by Crippen LogP contribution is 2.52. The van der Waals surface area contributed by atoms with E-state index in [-0.39, 0.29) is 35.4 Å². The molecule has 23 heavy (non-hydrogen) atoms. The van der Waals surface area contributed by atoms with E-state index in [9.17, 15) is 18.0 Å². The van der Waals surface area contributed by atoms with Gasteiger partial charge in [-0.05, 0) is 43.7 Å². The largest absolute Gasteiger partial charge is 0.416 e. The van der Waals surface area contributed by atoms with Crippen molar-refractivity contribution in [2.45, 2.75) is 50.4 Å². The second-order valence-corrected chi connectivity index (χ2v) is 6.61. The van der Waals surface area contributed by atoms with Gasteiger partial charge in [0.2, 0.25) is 5.91 Å². The van der Waals surface area contributed by atoms with Gasteiger partial charge in [0.15, 0.2) is 0 Å². The molecular weight excluding hydrogens is 305 g/mol.